The van der Waals surface area contributed by atoms with Crippen molar-refractivity contribution in [2.24, 2.45) is 0 Å². The van der Waals surface area contributed by atoms with Crippen LogP contribution in [0.4, 0.5) is 0 Å². The number of epoxide rings is 1. The van der Waals surface area contributed by atoms with Gasteiger partial charge in [0.15, 0.2) is 0 Å². The Morgan fingerprint density at radius 2 is 1.81 bits per heavy atom. The van der Waals surface area contributed by atoms with Crippen LogP contribution in [-0.4, -0.2) is 25.9 Å². The predicted molar refractivity (Wildman–Crippen MR) is 102 cm³/mol. The van der Waals surface area contributed by atoms with Gasteiger partial charge in [-0.15, -0.1) is 0 Å². The molecule has 0 N–H and O–H groups in total. The van der Waals surface area contributed by atoms with E-state index in [1.807, 2.05) is 31.2 Å². The van der Waals surface area contributed by atoms with E-state index in [0.717, 1.165) is 33.8 Å². The first-order chi connectivity index (χ1) is 12.4. The monoisotopic (exact) mass is 369 g/mol. The molecule has 1 fully saturated rings. The highest BCUT2D eigenvalue weighted by Gasteiger charge is 2.40. The van der Waals surface area contributed by atoms with Crippen molar-refractivity contribution < 1.29 is 13.2 Å². The van der Waals surface area contributed by atoms with Crippen LogP contribution in [0.5, 0.6) is 0 Å². The standard InChI is InChI=1S/C21H23NO3S/c1-4-7-20-21(25-20)19-9-6-5-8-17(19)14-15-22(3)26(23,24)18-12-10-16(2)11-13-18/h5-6,8-13,20-21H,4,7H2,1-3H3/t20-,21-/m0/s1. The third kappa shape index (κ3) is 3.92. The van der Waals surface area contributed by atoms with Gasteiger partial charge in [-0.1, -0.05) is 49.2 Å². The topological polar surface area (TPSA) is 49.9 Å². The van der Waals surface area contributed by atoms with Gasteiger partial charge in [0.2, 0.25) is 0 Å². The van der Waals surface area contributed by atoms with Crippen molar-refractivity contribution in [3.05, 3.63) is 65.2 Å². The zero-order valence-electron chi connectivity index (χ0n) is 15.3. The lowest BCUT2D eigenvalue weighted by atomic mass is 10.0. The molecule has 0 saturated carbocycles. The highest BCUT2D eigenvalue weighted by Crippen LogP contribution is 2.42. The molecule has 1 aliphatic rings. The highest BCUT2D eigenvalue weighted by molar-refractivity contribution is 7.89. The molecular weight excluding hydrogens is 346 g/mol. The fraction of sp³-hybridized carbons (Fsp3) is 0.333. The summed E-state index contributed by atoms with van der Waals surface area (Å²) in [7, 11) is -2.16. The van der Waals surface area contributed by atoms with Crippen molar-refractivity contribution in [3.8, 4) is 12.0 Å². The van der Waals surface area contributed by atoms with Crippen LogP contribution in [0.1, 0.15) is 42.6 Å². The number of ether oxygens (including phenoxy) is 1. The Balaban J connectivity index is 1.82. The van der Waals surface area contributed by atoms with Crippen molar-refractivity contribution in [3.63, 3.8) is 0 Å². The molecule has 2 aromatic carbocycles. The van der Waals surface area contributed by atoms with Crippen LogP contribution in [0.2, 0.25) is 0 Å². The fourth-order valence-electron chi connectivity index (χ4n) is 2.85. The maximum atomic E-state index is 12.6. The third-order valence-electron chi connectivity index (χ3n) is 4.45. The van der Waals surface area contributed by atoms with E-state index >= 15 is 0 Å². The first-order valence-corrected chi connectivity index (χ1v) is 10.2. The number of hydrogen-bond donors (Lipinski definition) is 0. The summed E-state index contributed by atoms with van der Waals surface area (Å²) in [5.74, 6) is 3.00. The molecule has 26 heavy (non-hydrogen) atoms. The summed E-state index contributed by atoms with van der Waals surface area (Å²) in [5, 5.41) is 0. The van der Waals surface area contributed by atoms with E-state index in [-0.39, 0.29) is 17.1 Å². The SMILES string of the molecule is CCC[C@@H]1O[C@H]1c1ccccc1C#CN(C)S(=O)(=O)c1ccc(C)cc1. The lowest BCUT2D eigenvalue weighted by Crippen LogP contribution is -2.22. The fourth-order valence-corrected chi connectivity index (χ4v) is 3.81. The molecular formula is C21H23NO3S. The second-order valence-corrected chi connectivity index (χ2v) is 8.46. The Bertz CT molecular complexity index is 939. The van der Waals surface area contributed by atoms with Crippen LogP contribution in [0.15, 0.2) is 53.4 Å². The second kappa shape index (κ2) is 7.53. The lowest BCUT2D eigenvalue weighted by molar-refractivity contribution is 0.364. The Labute approximate surface area is 155 Å². The minimum atomic E-state index is -3.63. The molecule has 1 saturated heterocycles. The van der Waals surface area contributed by atoms with Gasteiger partial charge >= 0.3 is 0 Å². The van der Waals surface area contributed by atoms with Gasteiger partial charge in [-0.25, -0.2) is 12.7 Å². The Hall–Kier alpha value is -2.29. The summed E-state index contributed by atoms with van der Waals surface area (Å²) in [6.07, 6.45) is 2.41. The first-order valence-electron chi connectivity index (χ1n) is 8.75. The molecule has 0 aromatic heterocycles. The lowest BCUT2D eigenvalue weighted by Gasteiger charge is -2.12. The maximum absolute atomic E-state index is 12.6. The molecule has 0 radical (unpaired) electrons. The number of hydrogen-bond acceptors (Lipinski definition) is 3. The average molecular weight is 369 g/mol. The third-order valence-corrected chi connectivity index (χ3v) is 6.13. The smallest absolute Gasteiger partial charge is 0.270 e. The molecule has 0 aliphatic carbocycles. The number of benzene rings is 2. The van der Waals surface area contributed by atoms with Crippen LogP contribution < -0.4 is 0 Å². The molecule has 0 amide bonds. The van der Waals surface area contributed by atoms with Crippen LogP contribution in [0.3, 0.4) is 0 Å². The van der Waals surface area contributed by atoms with E-state index in [1.165, 1.54) is 7.05 Å². The quantitative estimate of drug-likeness (QED) is 0.457. The molecule has 0 bridgehead atoms. The van der Waals surface area contributed by atoms with Gasteiger partial charge in [-0.05, 0) is 43.0 Å². The molecule has 1 aliphatic heterocycles. The van der Waals surface area contributed by atoms with Gasteiger partial charge in [0.25, 0.3) is 10.0 Å². The number of aryl methyl sites for hydroxylation is 1. The summed E-state index contributed by atoms with van der Waals surface area (Å²) >= 11 is 0. The van der Waals surface area contributed by atoms with E-state index in [4.69, 9.17) is 4.74 Å². The zero-order chi connectivity index (χ0) is 18.7. The van der Waals surface area contributed by atoms with E-state index < -0.39 is 10.0 Å². The van der Waals surface area contributed by atoms with Gasteiger partial charge in [-0.3, -0.25) is 0 Å². The van der Waals surface area contributed by atoms with E-state index in [9.17, 15) is 8.42 Å². The predicted octanol–water partition coefficient (Wildman–Crippen LogP) is 3.86. The van der Waals surface area contributed by atoms with Crippen LogP contribution >= 0.6 is 0 Å². The van der Waals surface area contributed by atoms with Gasteiger partial charge in [0.1, 0.15) is 6.10 Å². The van der Waals surface area contributed by atoms with Crippen LogP contribution in [-0.2, 0) is 14.8 Å². The van der Waals surface area contributed by atoms with E-state index in [1.54, 1.807) is 24.3 Å². The first kappa shape index (κ1) is 18.5. The zero-order valence-corrected chi connectivity index (χ0v) is 16.1. The largest absolute Gasteiger partial charge is 0.364 e. The second-order valence-electron chi connectivity index (χ2n) is 6.49. The van der Waals surface area contributed by atoms with Crippen molar-refractivity contribution in [1.82, 2.24) is 4.31 Å². The normalized spacial score (nSPS) is 18.7. The Kier molecular flexibility index (Phi) is 5.36. The highest BCUT2D eigenvalue weighted by atomic mass is 32.2. The van der Waals surface area contributed by atoms with Gasteiger partial charge in [-0.2, -0.15) is 0 Å². The van der Waals surface area contributed by atoms with Gasteiger partial charge < -0.3 is 4.74 Å². The molecule has 4 nitrogen and oxygen atoms in total. The van der Waals surface area contributed by atoms with Gasteiger partial charge in [0, 0.05) is 18.7 Å². The van der Waals surface area contributed by atoms with Crippen molar-refractivity contribution in [1.29, 1.82) is 0 Å². The molecule has 2 aromatic rings. The molecule has 0 unspecified atom stereocenters. The van der Waals surface area contributed by atoms with E-state index in [2.05, 4.69) is 18.9 Å². The van der Waals surface area contributed by atoms with Gasteiger partial charge in [0.05, 0.1) is 11.0 Å². The maximum Gasteiger partial charge on any atom is 0.270 e. The summed E-state index contributed by atoms with van der Waals surface area (Å²) in [5.41, 5.74) is 2.85. The van der Waals surface area contributed by atoms with Crippen molar-refractivity contribution in [2.45, 2.75) is 43.8 Å². The number of sulfonamides is 1. The van der Waals surface area contributed by atoms with Crippen LogP contribution in [0, 0.1) is 18.9 Å². The summed E-state index contributed by atoms with van der Waals surface area (Å²) in [6.45, 7) is 4.05. The number of nitrogens with zero attached hydrogens (tertiary/aromatic N) is 1. The van der Waals surface area contributed by atoms with Crippen molar-refractivity contribution >= 4 is 10.0 Å². The number of rotatable bonds is 5. The Morgan fingerprint density at radius 1 is 1.12 bits per heavy atom. The minimum Gasteiger partial charge on any atom is -0.364 e. The van der Waals surface area contributed by atoms with E-state index in [0.29, 0.717) is 0 Å². The summed E-state index contributed by atoms with van der Waals surface area (Å²) in [6, 6.07) is 17.3. The summed E-state index contributed by atoms with van der Waals surface area (Å²) in [4.78, 5) is 0.238. The molecule has 5 heteroatoms. The molecule has 136 valence electrons. The molecule has 2 atom stereocenters. The Morgan fingerprint density at radius 3 is 2.50 bits per heavy atom. The van der Waals surface area contributed by atoms with Crippen molar-refractivity contribution in [2.75, 3.05) is 7.05 Å². The summed E-state index contributed by atoms with van der Waals surface area (Å²) < 4.78 is 32.1. The molecule has 1 heterocycles. The minimum absolute atomic E-state index is 0.0689. The molecule has 3 rings (SSSR count). The van der Waals surface area contributed by atoms with Crippen LogP contribution in [0.25, 0.3) is 0 Å². The molecule has 0 spiro atoms. The average Bonchev–Trinajstić information content (AvgIpc) is 3.39.